The van der Waals surface area contributed by atoms with Gasteiger partial charge in [0.1, 0.15) is 0 Å². The third-order valence-corrected chi connectivity index (χ3v) is 3.59. The summed E-state index contributed by atoms with van der Waals surface area (Å²) in [6, 6.07) is 7.73. The molecule has 0 saturated heterocycles. The molecule has 0 aliphatic heterocycles. The van der Waals surface area contributed by atoms with E-state index < -0.39 is 6.10 Å². The zero-order valence-corrected chi connectivity index (χ0v) is 13.0. The van der Waals surface area contributed by atoms with Gasteiger partial charge in [0.25, 0.3) is 0 Å². The maximum Gasteiger partial charge on any atom is 0.242 e. The fourth-order valence-corrected chi connectivity index (χ4v) is 2.16. The molecule has 0 saturated carbocycles. The average molecular weight is 278 g/mol. The fraction of sp³-hybridized carbons (Fsp3) is 0.562. The average Bonchev–Trinajstić information content (AvgIpc) is 2.47. The Labute approximate surface area is 122 Å². The second kappa shape index (κ2) is 7.90. The van der Waals surface area contributed by atoms with Gasteiger partial charge in [0, 0.05) is 25.8 Å². The molecule has 1 rings (SSSR count). The van der Waals surface area contributed by atoms with Gasteiger partial charge in [0.2, 0.25) is 5.91 Å². The molecule has 0 aromatic heterocycles. The van der Waals surface area contributed by atoms with E-state index in [9.17, 15) is 9.90 Å². The van der Waals surface area contributed by atoms with E-state index in [4.69, 9.17) is 0 Å². The molecule has 112 valence electrons. The second-order valence-electron chi connectivity index (χ2n) is 4.94. The van der Waals surface area contributed by atoms with Crippen LogP contribution in [-0.2, 0) is 4.79 Å². The summed E-state index contributed by atoms with van der Waals surface area (Å²) >= 11 is 0. The van der Waals surface area contributed by atoms with Crippen molar-refractivity contribution in [3.05, 3.63) is 29.8 Å². The molecule has 1 atom stereocenters. The smallest absolute Gasteiger partial charge is 0.242 e. The van der Waals surface area contributed by atoms with Gasteiger partial charge < -0.3 is 14.9 Å². The number of carbonyl (C=O) groups is 1. The summed E-state index contributed by atoms with van der Waals surface area (Å²) in [6.45, 7) is 7.78. The first kappa shape index (κ1) is 16.5. The summed E-state index contributed by atoms with van der Waals surface area (Å²) in [5.74, 6) is 0.134. The zero-order valence-electron chi connectivity index (χ0n) is 13.0. The predicted molar refractivity (Wildman–Crippen MR) is 82.9 cm³/mol. The molecule has 1 aromatic rings. The van der Waals surface area contributed by atoms with Gasteiger partial charge in [-0.05, 0) is 38.0 Å². The van der Waals surface area contributed by atoms with E-state index in [0.29, 0.717) is 13.0 Å². The van der Waals surface area contributed by atoms with Gasteiger partial charge in [0.05, 0.1) is 12.6 Å². The third kappa shape index (κ3) is 4.23. The van der Waals surface area contributed by atoms with Crippen LogP contribution in [0.3, 0.4) is 0 Å². The van der Waals surface area contributed by atoms with Crippen LogP contribution in [0, 0.1) is 0 Å². The zero-order chi connectivity index (χ0) is 15.1. The highest BCUT2D eigenvalue weighted by Gasteiger charge is 2.13. The summed E-state index contributed by atoms with van der Waals surface area (Å²) in [4.78, 5) is 15.8. The minimum Gasteiger partial charge on any atom is -0.388 e. The molecule has 0 heterocycles. The molecule has 4 nitrogen and oxygen atoms in total. The Morgan fingerprint density at radius 2 is 1.70 bits per heavy atom. The molecule has 0 bridgehead atoms. The van der Waals surface area contributed by atoms with Crippen LogP contribution in [0.25, 0.3) is 0 Å². The van der Waals surface area contributed by atoms with Gasteiger partial charge in [-0.3, -0.25) is 4.79 Å². The molecule has 1 aromatic carbocycles. The van der Waals surface area contributed by atoms with Gasteiger partial charge >= 0.3 is 0 Å². The lowest BCUT2D eigenvalue weighted by molar-refractivity contribution is -0.129. The fourth-order valence-electron chi connectivity index (χ4n) is 2.16. The van der Waals surface area contributed by atoms with Crippen LogP contribution in [0.2, 0.25) is 0 Å². The molecule has 0 radical (unpaired) electrons. The molecular formula is C16H26N2O2. The Kier molecular flexibility index (Phi) is 6.52. The largest absolute Gasteiger partial charge is 0.388 e. The van der Waals surface area contributed by atoms with Crippen LogP contribution in [0.5, 0.6) is 0 Å². The number of aliphatic hydroxyl groups is 1. The quantitative estimate of drug-likeness (QED) is 0.833. The van der Waals surface area contributed by atoms with Gasteiger partial charge in [-0.15, -0.1) is 0 Å². The van der Waals surface area contributed by atoms with E-state index >= 15 is 0 Å². The van der Waals surface area contributed by atoms with Crippen molar-refractivity contribution in [2.24, 2.45) is 0 Å². The van der Waals surface area contributed by atoms with Gasteiger partial charge in [-0.2, -0.15) is 0 Å². The monoisotopic (exact) mass is 278 g/mol. The number of likely N-dealkylation sites (N-methyl/N-ethyl adjacent to an activating group) is 2. The van der Waals surface area contributed by atoms with Crippen LogP contribution < -0.4 is 4.90 Å². The Bertz CT molecular complexity index is 413. The summed E-state index contributed by atoms with van der Waals surface area (Å²) in [5, 5.41) is 9.77. The first-order valence-electron chi connectivity index (χ1n) is 7.30. The van der Waals surface area contributed by atoms with Crippen molar-refractivity contribution < 1.29 is 9.90 Å². The highest BCUT2D eigenvalue weighted by molar-refractivity contribution is 5.81. The van der Waals surface area contributed by atoms with Gasteiger partial charge in [0.15, 0.2) is 0 Å². The SMILES string of the molecule is CC[C@H](O)c1ccc(N(C)CC(=O)N(CC)CC)cc1. The van der Waals surface area contributed by atoms with Crippen molar-refractivity contribution >= 4 is 11.6 Å². The van der Waals surface area contributed by atoms with E-state index in [-0.39, 0.29) is 5.91 Å². The van der Waals surface area contributed by atoms with Crippen LogP contribution in [0.1, 0.15) is 38.9 Å². The lowest BCUT2D eigenvalue weighted by Gasteiger charge is -2.24. The van der Waals surface area contributed by atoms with Crippen molar-refractivity contribution in [3.8, 4) is 0 Å². The second-order valence-corrected chi connectivity index (χ2v) is 4.94. The van der Waals surface area contributed by atoms with E-state index in [1.54, 1.807) is 0 Å². The first-order chi connectivity index (χ1) is 9.53. The lowest BCUT2D eigenvalue weighted by atomic mass is 10.1. The topological polar surface area (TPSA) is 43.8 Å². The van der Waals surface area contributed by atoms with Crippen molar-refractivity contribution in [1.29, 1.82) is 0 Å². The molecule has 0 aliphatic carbocycles. The van der Waals surface area contributed by atoms with Crippen molar-refractivity contribution in [1.82, 2.24) is 4.90 Å². The van der Waals surface area contributed by atoms with E-state index in [2.05, 4.69) is 0 Å². The number of rotatable bonds is 7. The van der Waals surface area contributed by atoms with E-state index in [1.807, 2.05) is 61.9 Å². The number of aliphatic hydroxyl groups excluding tert-OH is 1. The van der Waals surface area contributed by atoms with Crippen molar-refractivity contribution in [2.45, 2.75) is 33.3 Å². The number of amides is 1. The molecule has 4 heteroatoms. The van der Waals surface area contributed by atoms with E-state index in [0.717, 1.165) is 24.3 Å². The predicted octanol–water partition coefficient (Wildman–Crippen LogP) is 2.43. The molecule has 20 heavy (non-hydrogen) atoms. The number of hydrogen-bond acceptors (Lipinski definition) is 3. The van der Waals surface area contributed by atoms with E-state index in [1.165, 1.54) is 0 Å². The number of anilines is 1. The molecule has 1 amide bonds. The molecule has 0 spiro atoms. The minimum absolute atomic E-state index is 0.134. The molecule has 0 fully saturated rings. The van der Waals surface area contributed by atoms with Gasteiger partial charge in [-0.1, -0.05) is 19.1 Å². The summed E-state index contributed by atoms with van der Waals surface area (Å²) in [5.41, 5.74) is 1.90. The lowest BCUT2D eigenvalue weighted by Crippen LogP contribution is -2.38. The number of benzene rings is 1. The molecular weight excluding hydrogens is 252 g/mol. The highest BCUT2D eigenvalue weighted by atomic mass is 16.3. The summed E-state index contributed by atoms with van der Waals surface area (Å²) in [6.07, 6.45) is 0.294. The third-order valence-electron chi connectivity index (χ3n) is 3.59. The Morgan fingerprint density at radius 1 is 1.15 bits per heavy atom. The Balaban J connectivity index is 2.68. The van der Waals surface area contributed by atoms with Crippen LogP contribution in [-0.4, -0.2) is 42.6 Å². The molecule has 0 unspecified atom stereocenters. The normalized spacial score (nSPS) is 12.1. The van der Waals surface area contributed by atoms with Crippen molar-refractivity contribution in [2.75, 3.05) is 31.6 Å². The van der Waals surface area contributed by atoms with Crippen molar-refractivity contribution in [3.63, 3.8) is 0 Å². The van der Waals surface area contributed by atoms with Gasteiger partial charge in [-0.25, -0.2) is 0 Å². The van der Waals surface area contributed by atoms with Crippen LogP contribution in [0.15, 0.2) is 24.3 Å². The number of hydrogen-bond donors (Lipinski definition) is 1. The standard InChI is InChI=1S/C16H26N2O2/c1-5-15(19)13-8-10-14(11-9-13)17(4)12-16(20)18(6-2)7-3/h8-11,15,19H,5-7,12H2,1-4H3/t15-/m0/s1. The first-order valence-corrected chi connectivity index (χ1v) is 7.30. The number of carbonyl (C=O) groups excluding carboxylic acids is 1. The highest BCUT2D eigenvalue weighted by Crippen LogP contribution is 2.20. The Hall–Kier alpha value is -1.55. The molecule has 0 aliphatic rings. The maximum absolute atomic E-state index is 12.1. The van der Waals surface area contributed by atoms with Crippen LogP contribution in [0.4, 0.5) is 5.69 Å². The molecule has 1 N–H and O–H groups in total. The summed E-state index contributed by atoms with van der Waals surface area (Å²) in [7, 11) is 1.91. The number of nitrogens with zero attached hydrogens (tertiary/aromatic N) is 2. The Morgan fingerprint density at radius 3 is 2.15 bits per heavy atom. The minimum atomic E-state index is -0.410. The summed E-state index contributed by atoms with van der Waals surface area (Å²) < 4.78 is 0. The maximum atomic E-state index is 12.1. The van der Waals surface area contributed by atoms with Crippen LogP contribution >= 0.6 is 0 Å².